The lowest BCUT2D eigenvalue weighted by atomic mass is 10.1. The van der Waals surface area contributed by atoms with Gasteiger partial charge in [-0.3, -0.25) is 0 Å². The highest BCUT2D eigenvalue weighted by atomic mass is 16.5. The molecule has 0 saturated heterocycles. The van der Waals surface area contributed by atoms with E-state index >= 15 is 0 Å². The average Bonchev–Trinajstić information content (AvgIpc) is 2.46. The van der Waals surface area contributed by atoms with Crippen molar-refractivity contribution in [3.05, 3.63) is 18.2 Å². The van der Waals surface area contributed by atoms with Gasteiger partial charge in [0.15, 0.2) is 0 Å². The van der Waals surface area contributed by atoms with Crippen molar-refractivity contribution in [3.63, 3.8) is 0 Å². The molecule has 0 fully saturated rings. The summed E-state index contributed by atoms with van der Waals surface area (Å²) >= 11 is 0. The fourth-order valence-electron chi connectivity index (χ4n) is 2.47. The van der Waals surface area contributed by atoms with Gasteiger partial charge in [0.1, 0.15) is 5.75 Å². The third-order valence-electron chi connectivity index (χ3n) is 3.79. The van der Waals surface area contributed by atoms with E-state index in [1.807, 2.05) is 12.1 Å². The van der Waals surface area contributed by atoms with Crippen molar-refractivity contribution < 1.29 is 4.74 Å². The first-order chi connectivity index (χ1) is 10.2. The molecule has 0 bridgehead atoms. The topological polar surface area (TPSA) is 61.3 Å². The molecule has 1 rings (SSSR count). The van der Waals surface area contributed by atoms with Crippen LogP contribution in [0.4, 0.5) is 11.4 Å². The summed E-state index contributed by atoms with van der Waals surface area (Å²) in [7, 11) is 0. The molecule has 3 heteroatoms. The molecule has 0 atom stereocenters. The van der Waals surface area contributed by atoms with Gasteiger partial charge in [0.2, 0.25) is 0 Å². The maximum absolute atomic E-state index is 5.85. The second-order valence-electron chi connectivity index (χ2n) is 5.83. The predicted molar refractivity (Wildman–Crippen MR) is 92.6 cm³/mol. The van der Waals surface area contributed by atoms with Gasteiger partial charge in [-0.25, -0.2) is 0 Å². The minimum absolute atomic E-state index is 0.627. The van der Waals surface area contributed by atoms with Crippen molar-refractivity contribution in [2.75, 3.05) is 18.1 Å². The number of rotatable bonds is 12. The Balaban J connectivity index is 1.93. The van der Waals surface area contributed by atoms with Crippen LogP contribution in [0, 0.1) is 0 Å². The van der Waals surface area contributed by atoms with Gasteiger partial charge in [0.05, 0.1) is 12.3 Å². The van der Waals surface area contributed by atoms with Crippen LogP contribution in [0.25, 0.3) is 0 Å². The number of benzene rings is 1. The summed E-state index contributed by atoms with van der Waals surface area (Å²) in [5.74, 6) is 0.750. The van der Waals surface area contributed by atoms with Gasteiger partial charge >= 0.3 is 0 Å². The normalized spacial score (nSPS) is 10.7. The Labute approximate surface area is 130 Å². The molecule has 0 amide bonds. The maximum atomic E-state index is 5.85. The molecule has 3 nitrogen and oxygen atoms in total. The third-order valence-corrected chi connectivity index (χ3v) is 3.79. The number of hydrogen-bond acceptors (Lipinski definition) is 3. The van der Waals surface area contributed by atoms with E-state index in [0.717, 1.165) is 18.8 Å². The van der Waals surface area contributed by atoms with E-state index in [-0.39, 0.29) is 0 Å². The number of anilines is 2. The molecule has 0 aliphatic carbocycles. The molecule has 1 aromatic rings. The molecule has 0 aliphatic heterocycles. The molecule has 21 heavy (non-hydrogen) atoms. The van der Waals surface area contributed by atoms with E-state index < -0.39 is 0 Å². The van der Waals surface area contributed by atoms with Crippen LogP contribution in [0.1, 0.15) is 71.1 Å². The molecule has 0 spiro atoms. The Morgan fingerprint density at radius 2 is 1.38 bits per heavy atom. The molecule has 120 valence electrons. The van der Waals surface area contributed by atoms with E-state index in [0.29, 0.717) is 11.4 Å². The van der Waals surface area contributed by atoms with Gasteiger partial charge in [0, 0.05) is 5.69 Å². The van der Waals surface area contributed by atoms with E-state index in [4.69, 9.17) is 16.2 Å². The Hall–Kier alpha value is -1.38. The van der Waals surface area contributed by atoms with E-state index in [9.17, 15) is 0 Å². The van der Waals surface area contributed by atoms with Crippen LogP contribution in [0.2, 0.25) is 0 Å². The minimum Gasteiger partial charge on any atom is -0.491 e. The maximum Gasteiger partial charge on any atom is 0.142 e. The molecule has 0 unspecified atom stereocenters. The van der Waals surface area contributed by atoms with Crippen LogP contribution in [0.15, 0.2) is 18.2 Å². The Morgan fingerprint density at radius 3 is 1.95 bits per heavy atom. The Kier molecular flexibility index (Phi) is 9.51. The van der Waals surface area contributed by atoms with Crippen molar-refractivity contribution in [1.29, 1.82) is 0 Å². The summed E-state index contributed by atoms with van der Waals surface area (Å²) in [5.41, 5.74) is 12.8. The SMILES string of the molecule is CCCCCCCCCCCCOc1ccc(N)cc1N. The van der Waals surface area contributed by atoms with E-state index in [1.54, 1.807) is 6.07 Å². The number of nitrogens with two attached hydrogens (primary N) is 2. The fraction of sp³-hybridized carbons (Fsp3) is 0.667. The third kappa shape index (κ3) is 8.49. The monoisotopic (exact) mass is 292 g/mol. The first kappa shape index (κ1) is 17.7. The standard InChI is InChI=1S/C18H32N2O/c1-2-3-4-5-6-7-8-9-10-11-14-21-18-13-12-16(19)15-17(18)20/h12-13,15H,2-11,14,19-20H2,1H3. The highest BCUT2D eigenvalue weighted by Crippen LogP contribution is 2.23. The number of hydrogen-bond donors (Lipinski definition) is 2. The molecule has 0 aliphatic rings. The lowest BCUT2D eigenvalue weighted by Crippen LogP contribution is -2.01. The smallest absolute Gasteiger partial charge is 0.142 e. The highest BCUT2D eigenvalue weighted by Gasteiger charge is 2.00. The number of unbranched alkanes of at least 4 members (excludes halogenated alkanes) is 9. The van der Waals surface area contributed by atoms with Crippen LogP contribution in [-0.4, -0.2) is 6.61 Å². The van der Waals surface area contributed by atoms with Crippen LogP contribution < -0.4 is 16.2 Å². The second kappa shape index (κ2) is 11.3. The van der Waals surface area contributed by atoms with Gasteiger partial charge in [-0.1, -0.05) is 64.7 Å². The molecular formula is C18H32N2O. The van der Waals surface area contributed by atoms with Gasteiger partial charge in [-0.05, 0) is 24.6 Å². The summed E-state index contributed by atoms with van der Waals surface area (Å²) in [5, 5.41) is 0. The van der Waals surface area contributed by atoms with Crippen molar-refractivity contribution in [2.45, 2.75) is 71.1 Å². The quantitative estimate of drug-likeness (QED) is 0.413. The van der Waals surface area contributed by atoms with Gasteiger partial charge in [0.25, 0.3) is 0 Å². The molecule has 0 radical (unpaired) electrons. The van der Waals surface area contributed by atoms with Crippen molar-refractivity contribution >= 4 is 11.4 Å². The van der Waals surface area contributed by atoms with Gasteiger partial charge in [-0.2, -0.15) is 0 Å². The lowest BCUT2D eigenvalue weighted by molar-refractivity contribution is 0.306. The predicted octanol–water partition coefficient (Wildman–Crippen LogP) is 5.15. The summed E-state index contributed by atoms with van der Waals surface area (Å²) < 4.78 is 5.68. The van der Waals surface area contributed by atoms with Crippen molar-refractivity contribution in [3.8, 4) is 5.75 Å². The molecule has 1 aromatic carbocycles. The molecular weight excluding hydrogens is 260 g/mol. The molecule has 0 aromatic heterocycles. The zero-order chi connectivity index (χ0) is 15.3. The first-order valence-corrected chi connectivity index (χ1v) is 8.52. The van der Waals surface area contributed by atoms with Crippen LogP contribution in [0.5, 0.6) is 5.75 Å². The minimum atomic E-state index is 0.627. The summed E-state index contributed by atoms with van der Waals surface area (Å²) in [6, 6.07) is 5.42. The highest BCUT2D eigenvalue weighted by molar-refractivity contribution is 5.60. The number of ether oxygens (including phenoxy) is 1. The van der Waals surface area contributed by atoms with Crippen LogP contribution in [0.3, 0.4) is 0 Å². The fourth-order valence-corrected chi connectivity index (χ4v) is 2.47. The van der Waals surface area contributed by atoms with Gasteiger partial charge in [-0.15, -0.1) is 0 Å². The zero-order valence-electron chi connectivity index (χ0n) is 13.6. The first-order valence-electron chi connectivity index (χ1n) is 8.52. The van der Waals surface area contributed by atoms with Crippen LogP contribution in [-0.2, 0) is 0 Å². The van der Waals surface area contributed by atoms with E-state index in [1.165, 1.54) is 57.8 Å². The van der Waals surface area contributed by atoms with Gasteiger partial charge < -0.3 is 16.2 Å². The average molecular weight is 292 g/mol. The lowest BCUT2D eigenvalue weighted by Gasteiger charge is -2.09. The van der Waals surface area contributed by atoms with Crippen molar-refractivity contribution in [1.82, 2.24) is 0 Å². The zero-order valence-corrected chi connectivity index (χ0v) is 13.6. The molecule has 0 saturated carbocycles. The Morgan fingerprint density at radius 1 is 0.810 bits per heavy atom. The Bertz CT molecular complexity index is 379. The van der Waals surface area contributed by atoms with Crippen LogP contribution >= 0.6 is 0 Å². The second-order valence-corrected chi connectivity index (χ2v) is 5.83. The van der Waals surface area contributed by atoms with Crippen molar-refractivity contribution in [2.24, 2.45) is 0 Å². The van der Waals surface area contributed by atoms with E-state index in [2.05, 4.69) is 6.92 Å². The number of nitrogen functional groups attached to an aromatic ring is 2. The summed E-state index contributed by atoms with van der Waals surface area (Å²) in [4.78, 5) is 0. The molecule has 4 N–H and O–H groups in total. The molecule has 0 heterocycles. The summed E-state index contributed by atoms with van der Waals surface area (Å²) in [6.07, 6.45) is 13.3. The summed E-state index contributed by atoms with van der Waals surface area (Å²) in [6.45, 7) is 3.00. The largest absolute Gasteiger partial charge is 0.491 e.